The Morgan fingerprint density at radius 2 is 2.00 bits per heavy atom. The molecule has 0 spiro atoms. The molecule has 5 nitrogen and oxygen atoms in total. The first-order chi connectivity index (χ1) is 11.1. The van der Waals surface area contributed by atoms with E-state index in [1.54, 1.807) is 25.3 Å². The largest absolute Gasteiger partial charge is 0.465 e. The summed E-state index contributed by atoms with van der Waals surface area (Å²) in [6.45, 7) is 2.01. The molecule has 1 heterocycles. The van der Waals surface area contributed by atoms with Gasteiger partial charge in [-0.15, -0.1) is 0 Å². The lowest BCUT2D eigenvalue weighted by atomic mass is 10.1. The number of anilines is 1. The Kier molecular flexibility index (Phi) is 5.74. The van der Waals surface area contributed by atoms with Crippen molar-refractivity contribution < 1.29 is 14.0 Å². The minimum Gasteiger partial charge on any atom is -0.465 e. The number of benzene rings is 1. The standard InChI is InChI=1S/C18H20N2O3/c1-3-14-7-4-5-9-16(14)19-17(21)13-20(2)18(22)11-10-15-8-6-12-23-15/h4-12H,3,13H2,1-2H3,(H,19,21). The molecule has 5 heteroatoms. The number of aryl methyl sites for hydroxylation is 1. The molecular weight excluding hydrogens is 292 g/mol. The summed E-state index contributed by atoms with van der Waals surface area (Å²) in [6.07, 6.45) is 5.32. The van der Waals surface area contributed by atoms with Gasteiger partial charge in [-0.2, -0.15) is 0 Å². The summed E-state index contributed by atoms with van der Waals surface area (Å²) in [5.74, 6) is 0.0987. The Morgan fingerprint density at radius 1 is 1.22 bits per heavy atom. The molecule has 1 aromatic heterocycles. The first-order valence-electron chi connectivity index (χ1n) is 7.44. The molecule has 2 rings (SSSR count). The number of hydrogen-bond donors (Lipinski definition) is 1. The zero-order chi connectivity index (χ0) is 16.7. The van der Waals surface area contributed by atoms with Crippen molar-refractivity contribution in [2.24, 2.45) is 0 Å². The smallest absolute Gasteiger partial charge is 0.246 e. The predicted octanol–water partition coefficient (Wildman–Crippen LogP) is 2.95. The highest BCUT2D eigenvalue weighted by Gasteiger charge is 2.12. The van der Waals surface area contributed by atoms with Crippen molar-refractivity contribution in [3.05, 3.63) is 60.1 Å². The van der Waals surface area contributed by atoms with Crippen LogP contribution in [0.25, 0.3) is 6.08 Å². The van der Waals surface area contributed by atoms with Gasteiger partial charge in [0.05, 0.1) is 12.8 Å². The fourth-order valence-corrected chi connectivity index (χ4v) is 2.10. The average Bonchev–Trinajstić information content (AvgIpc) is 3.06. The maximum absolute atomic E-state index is 12.1. The van der Waals surface area contributed by atoms with Gasteiger partial charge in [0.2, 0.25) is 11.8 Å². The van der Waals surface area contributed by atoms with Crippen molar-refractivity contribution in [3.8, 4) is 0 Å². The number of para-hydroxylation sites is 1. The van der Waals surface area contributed by atoms with Crippen molar-refractivity contribution in [3.63, 3.8) is 0 Å². The van der Waals surface area contributed by atoms with Crippen LogP contribution in [0.1, 0.15) is 18.2 Å². The van der Waals surface area contributed by atoms with Crippen molar-refractivity contribution in [2.75, 3.05) is 18.9 Å². The summed E-state index contributed by atoms with van der Waals surface area (Å²) < 4.78 is 5.11. The Bertz CT molecular complexity index is 690. The van der Waals surface area contributed by atoms with Crippen LogP contribution in [0.2, 0.25) is 0 Å². The van der Waals surface area contributed by atoms with Crippen LogP contribution >= 0.6 is 0 Å². The van der Waals surface area contributed by atoms with Crippen molar-refractivity contribution in [2.45, 2.75) is 13.3 Å². The van der Waals surface area contributed by atoms with Crippen LogP contribution in [0.3, 0.4) is 0 Å². The lowest BCUT2D eigenvalue weighted by Gasteiger charge is -2.16. The first-order valence-corrected chi connectivity index (χ1v) is 7.44. The number of likely N-dealkylation sites (N-methyl/N-ethyl adjacent to an activating group) is 1. The zero-order valence-electron chi connectivity index (χ0n) is 13.3. The number of carbonyl (C=O) groups is 2. The van der Waals surface area contributed by atoms with Gasteiger partial charge >= 0.3 is 0 Å². The van der Waals surface area contributed by atoms with E-state index in [1.807, 2.05) is 31.2 Å². The molecule has 0 aliphatic heterocycles. The Balaban J connectivity index is 1.90. The van der Waals surface area contributed by atoms with Crippen LogP contribution in [0.4, 0.5) is 5.69 Å². The van der Waals surface area contributed by atoms with Gasteiger partial charge in [0, 0.05) is 18.8 Å². The zero-order valence-corrected chi connectivity index (χ0v) is 13.3. The molecule has 0 unspecified atom stereocenters. The minimum absolute atomic E-state index is 0.0145. The van der Waals surface area contributed by atoms with E-state index in [4.69, 9.17) is 4.42 Å². The number of furan rings is 1. The van der Waals surface area contributed by atoms with Gasteiger partial charge in [0.25, 0.3) is 0 Å². The maximum atomic E-state index is 12.1. The molecule has 2 aromatic rings. The molecule has 1 N–H and O–H groups in total. The second kappa shape index (κ2) is 7.98. The number of hydrogen-bond acceptors (Lipinski definition) is 3. The fraction of sp³-hybridized carbons (Fsp3) is 0.222. The molecule has 0 saturated carbocycles. The van der Waals surface area contributed by atoms with E-state index < -0.39 is 0 Å². The monoisotopic (exact) mass is 312 g/mol. The number of amides is 2. The summed E-state index contributed by atoms with van der Waals surface area (Å²) in [6, 6.07) is 11.1. The number of rotatable bonds is 6. The van der Waals surface area contributed by atoms with Gasteiger partial charge in [0.15, 0.2) is 0 Å². The molecule has 0 fully saturated rings. The number of carbonyl (C=O) groups excluding carboxylic acids is 2. The highest BCUT2D eigenvalue weighted by molar-refractivity contribution is 5.98. The van der Waals surface area contributed by atoms with Crippen LogP contribution < -0.4 is 5.32 Å². The van der Waals surface area contributed by atoms with Crippen LogP contribution in [0, 0.1) is 0 Å². The molecule has 0 aliphatic carbocycles. The maximum Gasteiger partial charge on any atom is 0.246 e. The molecule has 120 valence electrons. The summed E-state index contributed by atoms with van der Waals surface area (Å²) in [7, 11) is 1.58. The van der Waals surface area contributed by atoms with Gasteiger partial charge < -0.3 is 14.6 Å². The highest BCUT2D eigenvalue weighted by Crippen LogP contribution is 2.15. The third-order valence-electron chi connectivity index (χ3n) is 3.36. The molecular formula is C18H20N2O3. The van der Waals surface area contributed by atoms with Gasteiger partial charge in [-0.3, -0.25) is 9.59 Å². The Labute approximate surface area is 135 Å². The number of nitrogens with one attached hydrogen (secondary N) is 1. The van der Waals surface area contributed by atoms with Gasteiger partial charge in [-0.05, 0) is 36.3 Å². The van der Waals surface area contributed by atoms with E-state index in [0.29, 0.717) is 5.76 Å². The summed E-state index contributed by atoms with van der Waals surface area (Å²) in [5.41, 5.74) is 1.85. The quantitative estimate of drug-likeness (QED) is 0.834. The van der Waals surface area contributed by atoms with E-state index in [-0.39, 0.29) is 18.4 Å². The molecule has 0 saturated heterocycles. The van der Waals surface area contributed by atoms with Gasteiger partial charge in [-0.1, -0.05) is 25.1 Å². The fourth-order valence-electron chi connectivity index (χ4n) is 2.10. The normalized spacial score (nSPS) is 10.7. The van der Waals surface area contributed by atoms with Crippen LogP contribution in [0.15, 0.2) is 53.2 Å². The molecule has 0 aliphatic rings. The topological polar surface area (TPSA) is 62.6 Å². The predicted molar refractivity (Wildman–Crippen MR) is 89.8 cm³/mol. The van der Waals surface area contributed by atoms with E-state index >= 15 is 0 Å². The van der Waals surface area contributed by atoms with Crippen LogP contribution in [0.5, 0.6) is 0 Å². The Morgan fingerprint density at radius 3 is 2.70 bits per heavy atom. The molecule has 0 atom stereocenters. The second-order valence-corrected chi connectivity index (χ2v) is 5.10. The summed E-state index contributed by atoms with van der Waals surface area (Å²) in [5, 5.41) is 2.84. The van der Waals surface area contributed by atoms with E-state index in [9.17, 15) is 9.59 Å². The van der Waals surface area contributed by atoms with E-state index in [2.05, 4.69) is 5.32 Å². The Hall–Kier alpha value is -2.82. The second-order valence-electron chi connectivity index (χ2n) is 5.10. The first kappa shape index (κ1) is 16.5. The lowest BCUT2D eigenvalue weighted by molar-refractivity contribution is -0.129. The minimum atomic E-state index is -0.264. The molecule has 0 bridgehead atoms. The average molecular weight is 312 g/mol. The van der Waals surface area contributed by atoms with E-state index in [0.717, 1.165) is 17.7 Å². The van der Waals surface area contributed by atoms with E-state index in [1.165, 1.54) is 17.2 Å². The lowest BCUT2D eigenvalue weighted by Crippen LogP contribution is -2.34. The van der Waals surface area contributed by atoms with Crippen molar-refractivity contribution in [1.29, 1.82) is 0 Å². The number of nitrogens with zero attached hydrogens (tertiary/aromatic N) is 1. The van der Waals surface area contributed by atoms with Crippen LogP contribution in [-0.4, -0.2) is 30.3 Å². The summed E-state index contributed by atoms with van der Waals surface area (Å²) >= 11 is 0. The molecule has 2 amide bonds. The van der Waals surface area contributed by atoms with Gasteiger partial charge in [0.1, 0.15) is 5.76 Å². The third-order valence-corrected chi connectivity index (χ3v) is 3.36. The van der Waals surface area contributed by atoms with Crippen molar-refractivity contribution >= 4 is 23.6 Å². The van der Waals surface area contributed by atoms with Crippen molar-refractivity contribution in [1.82, 2.24) is 4.90 Å². The molecule has 23 heavy (non-hydrogen) atoms. The third kappa shape index (κ3) is 4.85. The molecule has 0 radical (unpaired) electrons. The van der Waals surface area contributed by atoms with Gasteiger partial charge in [-0.25, -0.2) is 0 Å². The summed E-state index contributed by atoms with van der Waals surface area (Å²) in [4.78, 5) is 25.4. The SMILES string of the molecule is CCc1ccccc1NC(=O)CN(C)C(=O)C=Cc1ccco1. The molecule has 1 aromatic carbocycles. The van der Waals surface area contributed by atoms with Crippen LogP contribution in [-0.2, 0) is 16.0 Å². The highest BCUT2D eigenvalue weighted by atomic mass is 16.3.